The number of hydrogen-bond donors (Lipinski definition) is 3. The van der Waals surface area contributed by atoms with Crippen LogP contribution in [-0.4, -0.2) is 52.1 Å². The second kappa shape index (κ2) is 8.12. The maximum absolute atomic E-state index is 13.0. The maximum Gasteiger partial charge on any atom is 0.261 e. The van der Waals surface area contributed by atoms with Gasteiger partial charge in [0.1, 0.15) is 17.5 Å². The lowest BCUT2D eigenvalue weighted by molar-refractivity contribution is 0.0851. The summed E-state index contributed by atoms with van der Waals surface area (Å²) in [7, 11) is 4.15. The van der Waals surface area contributed by atoms with E-state index in [1.807, 2.05) is 0 Å². The summed E-state index contributed by atoms with van der Waals surface area (Å²) in [5.41, 5.74) is 6.83. The standard InChI is InChI=1S/C26H28N6O2/c1-32(2)13-16-9-20-21(10-17(16)14-5-7-34-8-6-14)30-25(29-20)22-24-19(12-28-26(22)33)18(11-27)23(31-24)15-3-4-15/h9-10,12,14-15,31H,3-8,13H2,1-2H3,(H,28,33)(H,29,30). The highest BCUT2D eigenvalue weighted by molar-refractivity contribution is 5.97. The largest absolute Gasteiger partial charge is 0.381 e. The van der Waals surface area contributed by atoms with Gasteiger partial charge >= 0.3 is 0 Å². The Kier molecular flexibility index (Phi) is 5.05. The Morgan fingerprint density at radius 2 is 1.94 bits per heavy atom. The molecule has 1 aromatic carbocycles. The van der Waals surface area contributed by atoms with Crippen LogP contribution in [0, 0.1) is 11.3 Å². The maximum atomic E-state index is 13.0. The van der Waals surface area contributed by atoms with Crippen molar-refractivity contribution < 1.29 is 4.74 Å². The molecule has 0 bridgehead atoms. The molecular formula is C26H28N6O2. The van der Waals surface area contributed by atoms with E-state index in [-0.39, 0.29) is 5.56 Å². The van der Waals surface area contributed by atoms with Crippen LogP contribution in [0.15, 0.2) is 23.1 Å². The molecule has 34 heavy (non-hydrogen) atoms. The summed E-state index contributed by atoms with van der Waals surface area (Å²) >= 11 is 0. The van der Waals surface area contributed by atoms with Crippen molar-refractivity contribution >= 4 is 21.9 Å². The second-order valence-corrected chi connectivity index (χ2v) is 9.86. The third-order valence-corrected chi connectivity index (χ3v) is 7.12. The Morgan fingerprint density at radius 1 is 1.15 bits per heavy atom. The predicted molar refractivity (Wildman–Crippen MR) is 131 cm³/mol. The van der Waals surface area contributed by atoms with Crippen molar-refractivity contribution in [2.24, 2.45) is 0 Å². The topological polar surface area (TPSA) is 114 Å². The van der Waals surface area contributed by atoms with Crippen molar-refractivity contribution in [3.05, 3.63) is 51.1 Å². The van der Waals surface area contributed by atoms with Crippen LogP contribution in [0.4, 0.5) is 0 Å². The first-order chi connectivity index (χ1) is 16.5. The van der Waals surface area contributed by atoms with Crippen LogP contribution >= 0.6 is 0 Å². The van der Waals surface area contributed by atoms with Crippen LogP contribution in [0.3, 0.4) is 0 Å². The average molecular weight is 457 g/mol. The molecule has 3 N–H and O–H groups in total. The smallest absolute Gasteiger partial charge is 0.261 e. The van der Waals surface area contributed by atoms with Gasteiger partial charge in [0, 0.05) is 43.0 Å². The Labute approximate surface area is 197 Å². The Balaban J connectivity index is 1.52. The molecule has 0 atom stereocenters. The van der Waals surface area contributed by atoms with Crippen LogP contribution in [0.5, 0.6) is 0 Å². The normalized spacial score (nSPS) is 17.1. The quantitative estimate of drug-likeness (QED) is 0.418. The lowest BCUT2D eigenvalue weighted by Gasteiger charge is -2.25. The first kappa shape index (κ1) is 21.1. The number of aromatic nitrogens is 4. The molecule has 2 aliphatic rings. The average Bonchev–Trinajstić information content (AvgIpc) is 3.49. The number of nitriles is 1. The molecule has 8 heteroatoms. The van der Waals surface area contributed by atoms with E-state index in [0.29, 0.717) is 34.3 Å². The molecule has 174 valence electrons. The number of aromatic amines is 3. The van der Waals surface area contributed by atoms with E-state index in [4.69, 9.17) is 9.72 Å². The number of rotatable bonds is 5. The van der Waals surface area contributed by atoms with Gasteiger partial charge in [-0.05, 0) is 69.0 Å². The van der Waals surface area contributed by atoms with Gasteiger partial charge in [-0.2, -0.15) is 5.26 Å². The fourth-order valence-electron chi connectivity index (χ4n) is 5.33. The Hall–Kier alpha value is -3.41. The minimum Gasteiger partial charge on any atom is -0.381 e. The van der Waals surface area contributed by atoms with Gasteiger partial charge in [0.15, 0.2) is 0 Å². The number of fused-ring (bicyclic) bond motifs is 2. The zero-order valence-corrected chi connectivity index (χ0v) is 19.5. The van der Waals surface area contributed by atoms with Crippen molar-refractivity contribution in [3.63, 3.8) is 0 Å². The van der Waals surface area contributed by atoms with Crippen LogP contribution in [0.2, 0.25) is 0 Å². The van der Waals surface area contributed by atoms with Gasteiger partial charge in [-0.15, -0.1) is 0 Å². The zero-order valence-electron chi connectivity index (χ0n) is 19.5. The van der Waals surface area contributed by atoms with Crippen LogP contribution in [-0.2, 0) is 11.3 Å². The Bertz CT molecular complexity index is 1490. The molecule has 0 unspecified atom stereocenters. The summed E-state index contributed by atoms with van der Waals surface area (Å²) in [5.74, 6) is 1.34. The van der Waals surface area contributed by atoms with Gasteiger partial charge in [0.05, 0.1) is 22.1 Å². The fourth-order valence-corrected chi connectivity index (χ4v) is 5.33. The molecule has 0 amide bonds. The number of benzene rings is 1. The minimum atomic E-state index is -0.224. The third kappa shape index (κ3) is 3.52. The molecule has 1 saturated carbocycles. The van der Waals surface area contributed by atoms with Gasteiger partial charge < -0.3 is 24.6 Å². The molecule has 2 fully saturated rings. The number of imidazole rings is 1. The molecule has 3 aromatic heterocycles. The minimum absolute atomic E-state index is 0.224. The molecule has 0 spiro atoms. The van der Waals surface area contributed by atoms with Gasteiger partial charge in [0.2, 0.25) is 0 Å². The van der Waals surface area contributed by atoms with E-state index >= 15 is 0 Å². The lowest BCUT2D eigenvalue weighted by Crippen LogP contribution is -2.18. The number of nitrogens with one attached hydrogen (secondary N) is 3. The predicted octanol–water partition coefficient (Wildman–Crippen LogP) is 4.10. The van der Waals surface area contributed by atoms with Crippen LogP contribution in [0.1, 0.15) is 59.9 Å². The summed E-state index contributed by atoms with van der Waals surface area (Å²) in [6, 6.07) is 6.70. The highest BCUT2D eigenvalue weighted by Crippen LogP contribution is 2.43. The van der Waals surface area contributed by atoms with Crippen molar-refractivity contribution in [2.75, 3.05) is 27.3 Å². The van der Waals surface area contributed by atoms with E-state index in [9.17, 15) is 10.1 Å². The van der Waals surface area contributed by atoms with Gasteiger partial charge in [-0.3, -0.25) is 4.79 Å². The zero-order chi connectivity index (χ0) is 23.4. The first-order valence-corrected chi connectivity index (χ1v) is 12.0. The number of pyridine rings is 1. The Morgan fingerprint density at radius 3 is 2.65 bits per heavy atom. The fraction of sp³-hybridized carbons (Fsp3) is 0.423. The van der Waals surface area contributed by atoms with Crippen molar-refractivity contribution in [1.82, 2.24) is 24.8 Å². The summed E-state index contributed by atoms with van der Waals surface area (Å²) in [6.45, 7) is 2.40. The van der Waals surface area contributed by atoms with E-state index in [2.05, 4.69) is 52.1 Å². The van der Waals surface area contributed by atoms with Gasteiger partial charge in [-0.1, -0.05) is 0 Å². The molecule has 4 heterocycles. The van der Waals surface area contributed by atoms with Crippen molar-refractivity contribution in [2.45, 2.75) is 44.1 Å². The molecule has 1 saturated heterocycles. The van der Waals surface area contributed by atoms with E-state index in [0.717, 1.165) is 67.6 Å². The molecule has 1 aliphatic carbocycles. The van der Waals surface area contributed by atoms with Crippen LogP contribution in [0.25, 0.3) is 33.3 Å². The van der Waals surface area contributed by atoms with E-state index in [1.165, 1.54) is 11.1 Å². The molecule has 1 aliphatic heterocycles. The van der Waals surface area contributed by atoms with Gasteiger partial charge in [0.25, 0.3) is 5.56 Å². The molecular weight excluding hydrogens is 428 g/mol. The highest BCUT2D eigenvalue weighted by Gasteiger charge is 2.30. The van der Waals surface area contributed by atoms with Gasteiger partial charge in [-0.25, -0.2) is 4.98 Å². The number of H-pyrrole nitrogens is 3. The monoisotopic (exact) mass is 456 g/mol. The summed E-state index contributed by atoms with van der Waals surface area (Å²) in [6.07, 6.45) is 5.79. The second-order valence-electron chi connectivity index (χ2n) is 9.86. The number of ether oxygens (including phenoxy) is 1. The highest BCUT2D eigenvalue weighted by atomic mass is 16.5. The molecule has 8 nitrogen and oxygen atoms in total. The van der Waals surface area contributed by atoms with E-state index in [1.54, 1.807) is 6.20 Å². The summed E-state index contributed by atoms with van der Waals surface area (Å²) in [5, 5.41) is 10.5. The lowest BCUT2D eigenvalue weighted by atomic mass is 9.87. The van der Waals surface area contributed by atoms with Crippen molar-refractivity contribution in [1.29, 1.82) is 5.26 Å². The molecule has 6 rings (SSSR count). The van der Waals surface area contributed by atoms with Crippen molar-refractivity contribution in [3.8, 4) is 17.5 Å². The van der Waals surface area contributed by atoms with E-state index < -0.39 is 0 Å². The summed E-state index contributed by atoms with van der Waals surface area (Å²) in [4.78, 5) is 29.7. The number of hydrogen-bond acceptors (Lipinski definition) is 5. The molecule has 0 radical (unpaired) electrons. The SMILES string of the molecule is CN(C)Cc1cc2[nH]c(-c3c(=O)[nH]cc4c(C#N)c(C5CC5)[nH]c34)nc2cc1C1CCOCC1. The molecule has 4 aromatic rings. The summed E-state index contributed by atoms with van der Waals surface area (Å²) < 4.78 is 5.59. The van der Waals surface area contributed by atoms with Crippen LogP contribution < -0.4 is 5.56 Å². The third-order valence-electron chi connectivity index (χ3n) is 7.12. The first-order valence-electron chi connectivity index (χ1n) is 12.0. The number of nitrogens with zero attached hydrogens (tertiary/aromatic N) is 3.